The quantitative estimate of drug-likeness (QED) is 0.804. The predicted octanol–water partition coefficient (Wildman–Crippen LogP) is 2.59. The second-order valence-corrected chi connectivity index (χ2v) is 5.24. The first-order valence-electron chi connectivity index (χ1n) is 4.73. The lowest BCUT2D eigenvalue weighted by Gasteiger charge is -2.30. The number of aliphatic hydroxyl groups excluding tert-OH is 1. The lowest BCUT2D eigenvalue weighted by molar-refractivity contribution is 0.131. The largest absolute Gasteiger partial charge is 0.508 e. The van der Waals surface area contributed by atoms with Crippen molar-refractivity contribution in [3.63, 3.8) is 0 Å². The van der Waals surface area contributed by atoms with E-state index in [0.717, 1.165) is 4.47 Å². The molecule has 0 spiro atoms. The van der Waals surface area contributed by atoms with Gasteiger partial charge in [0.05, 0.1) is 0 Å². The molecule has 0 heterocycles. The average Bonchev–Trinajstić information content (AvgIpc) is 2.20. The molecular weight excluding hydrogens is 293 g/mol. The fourth-order valence-electron chi connectivity index (χ4n) is 1.29. The molecule has 0 bridgehead atoms. The van der Waals surface area contributed by atoms with Gasteiger partial charge in [0, 0.05) is 28.1 Å². The van der Waals surface area contributed by atoms with Crippen molar-refractivity contribution < 1.29 is 10.2 Å². The molecule has 4 N–H and O–H groups in total. The first-order valence-corrected chi connectivity index (χ1v) is 5.52. The van der Waals surface area contributed by atoms with Crippen LogP contribution in [0.15, 0.2) is 22.7 Å². The minimum absolute atomic E-state index is 0. The zero-order valence-corrected chi connectivity index (χ0v) is 11.7. The normalized spacial score (nSPS) is 13.1. The average molecular weight is 311 g/mol. The fraction of sp³-hybridized carbons (Fsp3) is 0.455. The highest BCUT2D eigenvalue weighted by Crippen LogP contribution is 2.36. The highest BCUT2D eigenvalue weighted by molar-refractivity contribution is 9.10. The van der Waals surface area contributed by atoms with Crippen LogP contribution in [0.5, 0.6) is 5.75 Å². The van der Waals surface area contributed by atoms with Gasteiger partial charge in [-0.2, -0.15) is 0 Å². The van der Waals surface area contributed by atoms with Gasteiger partial charge in [-0.1, -0.05) is 29.8 Å². The maximum Gasteiger partial charge on any atom is 0.120 e. The monoisotopic (exact) mass is 309 g/mol. The van der Waals surface area contributed by atoms with Crippen LogP contribution in [0.2, 0.25) is 0 Å². The van der Waals surface area contributed by atoms with Gasteiger partial charge in [-0.3, -0.25) is 0 Å². The molecule has 0 aliphatic rings. The van der Waals surface area contributed by atoms with E-state index in [1.807, 2.05) is 13.8 Å². The summed E-state index contributed by atoms with van der Waals surface area (Å²) in [5.41, 5.74) is 6.19. The van der Waals surface area contributed by atoms with Crippen LogP contribution >= 0.6 is 28.3 Å². The summed E-state index contributed by atoms with van der Waals surface area (Å²) in [6.45, 7) is 3.69. The summed E-state index contributed by atoms with van der Waals surface area (Å²) in [5.74, 6) is 0.159. The number of halogens is 2. The minimum atomic E-state index is -0.460. The second kappa shape index (κ2) is 5.87. The van der Waals surface area contributed by atoms with E-state index in [4.69, 9.17) is 5.73 Å². The van der Waals surface area contributed by atoms with Crippen LogP contribution in [0.4, 0.5) is 0 Å². The Labute approximate surface area is 110 Å². The molecule has 5 heteroatoms. The lowest BCUT2D eigenvalue weighted by Crippen LogP contribution is -2.32. The Morgan fingerprint density at radius 1 is 1.44 bits per heavy atom. The molecule has 0 fully saturated rings. The summed E-state index contributed by atoms with van der Waals surface area (Å²) in [6.07, 6.45) is 0. The number of aliphatic hydroxyl groups is 1. The summed E-state index contributed by atoms with van der Waals surface area (Å²) < 4.78 is 0.861. The van der Waals surface area contributed by atoms with Gasteiger partial charge in [-0.15, -0.1) is 12.4 Å². The van der Waals surface area contributed by atoms with Gasteiger partial charge in [0.1, 0.15) is 5.75 Å². The van der Waals surface area contributed by atoms with Crippen molar-refractivity contribution in [2.24, 2.45) is 11.1 Å². The van der Waals surface area contributed by atoms with Gasteiger partial charge in [0.15, 0.2) is 0 Å². The molecule has 16 heavy (non-hydrogen) atoms. The molecule has 0 saturated carbocycles. The number of rotatable bonds is 3. The molecule has 0 aliphatic heterocycles. The van der Waals surface area contributed by atoms with Crippen LogP contribution in [0.3, 0.4) is 0 Å². The molecule has 1 rings (SSSR count). The molecule has 0 aliphatic carbocycles. The second-order valence-electron chi connectivity index (χ2n) is 4.33. The summed E-state index contributed by atoms with van der Waals surface area (Å²) in [6, 6.07) is 4.71. The first kappa shape index (κ1) is 15.7. The van der Waals surface area contributed by atoms with E-state index in [9.17, 15) is 10.2 Å². The van der Waals surface area contributed by atoms with Crippen LogP contribution in [0, 0.1) is 5.41 Å². The Balaban J connectivity index is 0.00000225. The van der Waals surface area contributed by atoms with Gasteiger partial charge in [0.2, 0.25) is 0 Å². The number of hydrogen-bond donors (Lipinski definition) is 3. The third-order valence-corrected chi connectivity index (χ3v) is 3.07. The third-order valence-electron chi connectivity index (χ3n) is 2.57. The Morgan fingerprint density at radius 2 is 2.00 bits per heavy atom. The molecule has 0 amide bonds. The maximum absolute atomic E-state index is 9.68. The smallest absolute Gasteiger partial charge is 0.120 e. The molecule has 3 nitrogen and oxygen atoms in total. The Kier molecular flexibility index (Phi) is 5.76. The van der Waals surface area contributed by atoms with E-state index in [0.29, 0.717) is 5.56 Å². The van der Waals surface area contributed by atoms with Gasteiger partial charge in [0.25, 0.3) is 0 Å². The molecule has 0 unspecified atom stereocenters. The molecule has 92 valence electrons. The van der Waals surface area contributed by atoms with Gasteiger partial charge in [-0.25, -0.2) is 0 Å². The molecule has 1 atom stereocenters. The Bertz CT molecular complexity index is 358. The van der Waals surface area contributed by atoms with Gasteiger partial charge in [-0.05, 0) is 18.2 Å². The molecule has 0 saturated heterocycles. The number of nitrogens with two attached hydrogens (primary N) is 1. The standard InChI is InChI=1S/C11H16BrNO2.ClH/c1-11(2,6-14)10(13)8-5-7(12)3-4-9(8)15;/h3-5,10,14-15H,6,13H2,1-2H3;1H/t10-;/m0./s1. The van der Waals surface area contributed by atoms with Crippen molar-refractivity contribution in [1.82, 2.24) is 0 Å². The van der Waals surface area contributed by atoms with Gasteiger partial charge < -0.3 is 15.9 Å². The summed E-state index contributed by atoms with van der Waals surface area (Å²) in [7, 11) is 0. The van der Waals surface area contributed by atoms with Crippen LogP contribution in [0.25, 0.3) is 0 Å². The minimum Gasteiger partial charge on any atom is -0.508 e. The third kappa shape index (κ3) is 3.35. The summed E-state index contributed by atoms with van der Waals surface area (Å²) in [4.78, 5) is 0. The summed E-state index contributed by atoms with van der Waals surface area (Å²) in [5, 5.41) is 18.9. The molecular formula is C11H17BrClNO2. The van der Waals surface area contributed by atoms with E-state index >= 15 is 0 Å². The van der Waals surface area contributed by atoms with Crippen LogP contribution in [-0.2, 0) is 0 Å². The van der Waals surface area contributed by atoms with Gasteiger partial charge >= 0.3 is 0 Å². The fourth-order valence-corrected chi connectivity index (χ4v) is 1.67. The highest BCUT2D eigenvalue weighted by atomic mass is 79.9. The number of phenolic OH excluding ortho intramolecular Hbond substituents is 1. The van der Waals surface area contributed by atoms with E-state index in [-0.39, 0.29) is 24.8 Å². The molecule has 0 radical (unpaired) electrons. The maximum atomic E-state index is 9.68. The van der Waals surface area contributed by atoms with E-state index in [1.54, 1.807) is 18.2 Å². The first-order chi connectivity index (χ1) is 6.88. The van der Waals surface area contributed by atoms with Crippen molar-refractivity contribution >= 4 is 28.3 Å². The highest BCUT2D eigenvalue weighted by Gasteiger charge is 2.28. The van der Waals surface area contributed by atoms with Crippen LogP contribution in [-0.4, -0.2) is 16.8 Å². The molecule has 0 aromatic heterocycles. The van der Waals surface area contributed by atoms with Crippen molar-refractivity contribution in [3.05, 3.63) is 28.2 Å². The zero-order valence-electron chi connectivity index (χ0n) is 9.27. The van der Waals surface area contributed by atoms with E-state index in [2.05, 4.69) is 15.9 Å². The Hall–Kier alpha value is -0.290. The van der Waals surface area contributed by atoms with E-state index < -0.39 is 11.5 Å². The van der Waals surface area contributed by atoms with Crippen molar-refractivity contribution in [2.45, 2.75) is 19.9 Å². The summed E-state index contributed by atoms with van der Waals surface area (Å²) >= 11 is 3.32. The topological polar surface area (TPSA) is 66.5 Å². The number of phenols is 1. The van der Waals surface area contributed by atoms with Crippen molar-refractivity contribution in [1.29, 1.82) is 0 Å². The number of aromatic hydroxyl groups is 1. The van der Waals surface area contributed by atoms with Crippen LogP contribution in [0.1, 0.15) is 25.5 Å². The van der Waals surface area contributed by atoms with Crippen LogP contribution < -0.4 is 5.73 Å². The van der Waals surface area contributed by atoms with Crippen molar-refractivity contribution in [3.8, 4) is 5.75 Å². The Morgan fingerprint density at radius 3 is 2.50 bits per heavy atom. The number of benzene rings is 1. The zero-order chi connectivity index (χ0) is 11.6. The lowest BCUT2D eigenvalue weighted by atomic mass is 9.81. The van der Waals surface area contributed by atoms with E-state index in [1.165, 1.54) is 0 Å². The molecule has 1 aromatic rings. The SMILES string of the molecule is CC(C)(CO)[C@@H](N)c1cc(Br)ccc1O.Cl. The number of hydrogen-bond acceptors (Lipinski definition) is 3. The molecule has 1 aromatic carbocycles. The van der Waals surface area contributed by atoms with Crippen molar-refractivity contribution in [2.75, 3.05) is 6.61 Å². The predicted molar refractivity (Wildman–Crippen MR) is 70.9 cm³/mol.